The van der Waals surface area contributed by atoms with Gasteiger partial charge in [-0.1, -0.05) is 23.7 Å². The zero-order valence-electron chi connectivity index (χ0n) is 16.0. The zero-order valence-corrected chi connectivity index (χ0v) is 18.4. The third-order valence-electron chi connectivity index (χ3n) is 4.21. The summed E-state index contributed by atoms with van der Waals surface area (Å²) in [6.07, 6.45) is 0.612. The van der Waals surface area contributed by atoms with Crippen LogP contribution >= 0.6 is 23.1 Å². The second kappa shape index (κ2) is 9.53. The average molecular weight is 453 g/mol. The summed E-state index contributed by atoms with van der Waals surface area (Å²) in [6.45, 7) is 0.710. The fourth-order valence-electron chi connectivity index (χ4n) is 2.55. The zero-order chi connectivity index (χ0) is 20.9. The first-order chi connectivity index (χ1) is 13.9. The highest BCUT2D eigenvalue weighted by Gasteiger charge is 2.20. The highest BCUT2D eigenvalue weighted by Crippen LogP contribution is 2.19. The molecular formula is C19H21ClN4O3S2. The van der Waals surface area contributed by atoms with Crippen molar-refractivity contribution in [1.29, 1.82) is 0 Å². The molecule has 0 aliphatic heterocycles. The fourth-order valence-corrected chi connectivity index (χ4v) is 4.46. The number of benzene rings is 2. The number of hydrogen-bond donors (Lipinski definition) is 1. The minimum atomic E-state index is -3.56. The summed E-state index contributed by atoms with van der Waals surface area (Å²) >= 11 is 7.15. The number of sulfonamides is 1. The molecule has 1 heterocycles. The van der Waals surface area contributed by atoms with Crippen molar-refractivity contribution in [3.63, 3.8) is 0 Å². The monoisotopic (exact) mass is 452 g/mol. The number of hydrogen-bond acceptors (Lipinski definition) is 7. The summed E-state index contributed by atoms with van der Waals surface area (Å²) < 4.78 is 36.0. The molecule has 0 radical (unpaired) electrons. The normalized spacial score (nSPS) is 11.6. The van der Waals surface area contributed by atoms with Gasteiger partial charge in [0, 0.05) is 43.1 Å². The summed E-state index contributed by atoms with van der Waals surface area (Å²) in [6, 6.07) is 13.9. The quantitative estimate of drug-likeness (QED) is 0.534. The summed E-state index contributed by atoms with van der Waals surface area (Å²) in [5.74, 6) is 1.32. The third-order valence-corrected chi connectivity index (χ3v) is 7.05. The van der Waals surface area contributed by atoms with Crippen LogP contribution in [0.2, 0.25) is 5.02 Å². The van der Waals surface area contributed by atoms with Crippen LogP contribution in [0.4, 0.5) is 5.13 Å². The van der Waals surface area contributed by atoms with Crippen LogP contribution in [0.25, 0.3) is 0 Å². The maximum Gasteiger partial charge on any atom is 0.242 e. The molecule has 0 fully saturated rings. The first kappa shape index (κ1) is 21.5. The predicted octanol–water partition coefficient (Wildman–Crippen LogP) is 3.52. The number of rotatable bonds is 9. The molecule has 1 aromatic heterocycles. The predicted molar refractivity (Wildman–Crippen MR) is 115 cm³/mol. The number of halogens is 1. The standard InChI is InChI=1S/C19H21ClN4O3S2/c1-24(29(25,26)17-9-7-16(27-2)8-10-17)12-11-21-19-22-18(23-28-19)13-14-3-5-15(20)6-4-14/h3-10H,11-13H2,1-2H3,(H,21,22,23). The molecule has 154 valence electrons. The van der Waals surface area contributed by atoms with E-state index in [0.717, 1.165) is 5.56 Å². The van der Waals surface area contributed by atoms with Gasteiger partial charge in [-0.05, 0) is 42.0 Å². The lowest BCUT2D eigenvalue weighted by Gasteiger charge is -2.17. The number of likely N-dealkylation sites (N-methyl/N-ethyl adjacent to an activating group) is 1. The van der Waals surface area contributed by atoms with E-state index in [4.69, 9.17) is 16.3 Å². The van der Waals surface area contributed by atoms with Crippen molar-refractivity contribution in [2.45, 2.75) is 11.3 Å². The molecule has 0 spiro atoms. The van der Waals surface area contributed by atoms with Crippen LogP contribution < -0.4 is 10.1 Å². The topological polar surface area (TPSA) is 84.4 Å². The Morgan fingerprint density at radius 2 is 1.83 bits per heavy atom. The molecule has 10 heteroatoms. The first-order valence-electron chi connectivity index (χ1n) is 8.80. The van der Waals surface area contributed by atoms with Gasteiger partial charge in [-0.15, -0.1) is 0 Å². The Labute approximate surface area is 179 Å². The first-order valence-corrected chi connectivity index (χ1v) is 11.4. The van der Waals surface area contributed by atoms with Gasteiger partial charge in [0.25, 0.3) is 0 Å². The van der Waals surface area contributed by atoms with Gasteiger partial charge in [0.05, 0.1) is 12.0 Å². The molecule has 0 atom stereocenters. The lowest BCUT2D eigenvalue weighted by molar-refractivity contribution is 0.414. The molecule has 7 nitrogen and oxygen atoms in total. The van der Waals surface area contributed by atoms with Gasteiger partial charge in [0.2, 0.25) is 15.2 Å². The molecule has 0 unspecified atom stereocenters. The summed E-state index contributed by atoms with van der Waals surface area (Å²) in [4.78, 5) is 4.67. The van der Waals surface area contributed by atoms with Crippen molar-refractivity contribution in [3.8, 4) is 5.75 Å². The van der Waals surface area contributed by atoms with E-state index in [1.807, 2.05) is 24.3 Å². The summed E-state index contributed by atoms with van der Waals surface area (Å²) in [7, 11) is -0.477. The maximum atomic E-state index is 12.6. The molecule has 0 bridgehead atoms. The Morgan fingerprint density at radius 1 is 1.14 bits per heavy atom. The van der Waals surface area contributed by atoms with Crippen LogP contribution in [-0.4, -0.2) is 49.3 Å². The molecular weight excluding hydrogens is 432 g/mol. The van der Waals surface area contributed by atoms with Crippen LogP contribution in [0.1, 0.15) is 11.4 Å². The van der Waals surface area contributed by atoms with Crippen LogP contribution in [0, 0.1) is 0 Å². The molecule has 3 rings (SSSR count). The number of nitrogens with one attached hydrogen (secondary N) is 1. The van der Waals surface area contributed by atoms with Gasteiger partial charge in [-0.25, -0.2) is 13.4 Å². The van der Waals surface area contributed by atoms with Crippen molar-refractivity contribution >= 4 is 38.3 Å². The van der Waals surface area contributed by atoms with E-state index < -0.39 is 10.0 Å². The molecule has 0 saturated heterocycles. The molecule has 0 aliphatic rings. The van der Waals surface area contributed by atoms with E-state index in [-0.39, 0.29) is 4.90 Å². The van der Waals surface area contributed by atoms with E-state index in [0.29, 0.717) is 41.2 Å². The number of nitrogens with zero attached hydrogens (tertiary/aromatic N) is 3. The molecule has 0 amide bonds. The second-order valence-electron chi connectivity index (χ2n) is 6.25. The number of methoxy groups -OCH3 is 1. The van der Waals surface area contributed by atoms with Gasteiger partial charge in [0.1, 0.15) is 11.6 Å². The SMILES string of the molecule is COc1ccc(S(=O)(=O)N(C)CCNc2nc(Cc3ccc(Cl)cc3)ns2)cc1. The smallest absolute Gasteiger partial charge is 0.242 e. The van der Waals surface area contributed by atoms with Gasteiger partial charge in [0.15, 0.2) is 0 Å². The molecule has 3 aromatic rings. The van der Waals surface area contributed by atoms with Crippen molar-refractivity contribution in [2.75, 3.05) is 32.6 Å². The molecule has 2 aromatic carbocycles. The Hall–Kier alpha value is -2.20. The summed E-state index contributed by atoms with van der Waals surface area (Å²) in [5, 5.41) is 4.48. The van der Waals surface area contributed by atoms with E-state index in [2.05, 4.69) is 14.7 Å². The minimum Gasteiger partial charge on any atom is -0.497 e. The van der Waals surface area contributed by atoms with E-state index >= 15 is 0 Å². The van der Waals surface area contributed by atoms with Crippen molar-refractivity contribution in [1.82, 2.24) is 13.7 Å². The van der Waals surface area contributed by atoms with E-state index in [9.17, 15) is 8.42 Å². The van der Waals surface area contributed by atoms with E-state index in [1.54, 1.807) is 19.2 Å². The van der Waals surface area contributed by atoms with Gasteiger partial charge < -0.3 is 10.1 Å². The van der Waals surface area contributed by atoms with Crippen molar-refractivity contribution in [2.24, 2.45) is 0 Å². The second-order valence-corrected chi connectivity index (χ2v) is 9.48. The summed E-state index contributed by atoms with van der Waals surface area (Å²) in [5.41, 5.74) is 1.07. The van der Waals surface area contributed by atoms with Gasteiger partial charge in [-0.3, -0.25) is 0 Å². The van der Waals surface area contributed by atoms with Gasteiger partial charge >= 0.3 is 0 Å². The van der Waals surface area contributed by atoms with Crippen LogP contribution in [0.5, 0.6) is 5.75 Å². The third kappa shape index (κ3) is 5.66. The molecule has 1 N–H and O–H groups in total. The molecule has 0 saturated carbocycles. The van der Waals surface area contributed by atoms with Gasteiger partial charge in [-0.2, -0.15) is 8.68 Å². The number of aromatic nitrogens is 2. The largest absolute Gasteiger partial charge is 0.497 e. The van der Waals surface area contributed by atoms with Crippen LogP contribution in [0.15, 0.2) is 53.4 Å². The van der Waals surface area contributed by atoms with Crippen molar-refractivity contribution in [3.05, 3.63) is 64.9 Å². The maximum absolute atomic E-state index is 12.6. The highest BCUT2D eigenvalue weighted by molar-refractivity contribution is 7.89. The van der Waals surface area contributed by atoms with Crippen LogP contribution in [0.3, 0.4) is 0 Å². The van der Waals surface area contributed by atoms with Crippen LogP contribution in [-0.2, 0) is 16.4 Å². The number of ether oxygens (including phenoxy) is 1. The lowest BCUT2D eigenvalue weighted by atomic mass is 10.1. The Balaban J connectivity index is 1.52. The van der Waals surface area contributed by atoms with Crippen molar-refractivity contribution < 1.29 is 13.2 Å². The molecule has 29 heavy (non-hydrogen) atoms. The Bertz CT molecular complexity index is 1040. The minimum absolute atomic E-state index is 0.224. The Morgan fingerprint density at radius 3 is 2.48 bits per heavy atom. The fraction of sp³-hybridized carbons (Fsp3) is 0.263. The Kier molecular flexibility index (Phi) is 7.07. The number of anilines is 1. The average Bonchev–Trinajstić information content (AvgIpc) is 3.17. The lowest BCUT2D eigenvalue weighted by Crippen LogP contribution is -2.31. The van der Waals surface area contributed by atoms with E-state index in [1.165, 1.54) is 35.1 Å². The molecule has 0 aliphatic carbocycles. The highest BCUT2D eigenvalue weighted by atomic mass is 35.5.